The van der Waals surface area contributed by atoms with Crippen LogP contribution in [-0.2, 0) is 17.6 Å². The van der Waals surface area contributed by atoms with Gasteiger partial charge in [0.1, 0.15) is 17.1 Å². The molecule has 9 heteroatoms. The predicted octanol–water partition coefficient (Wildman–Crippen LogP) is 5.45. The summed E-state index contributed by atoms with van der Waals surface area (Å²) in [6.45, 7) is 4.39. The Labute approximate surface area is 212 Å². The van der Waals surface area contributed by atoms with Crippen molar-refractivity contribution in [3.63, 3.8) is 0 Å². The van der Waals surface area contributed by atoms with Crippen molar-refractivity contribution < 1.29 is 21.2 Å². The number of aromatic amines is 1. The lowest BCUT2D eigenvalue weighted by molar-refractivity contribution is 0.272. The Hall–Kier alpha value is -4.29. The molecular weight excluding hydrogens is 495 g/mol. The summed E-state index contributed by atoms with van der Waals surface area (Å²) in [6.07, 6.45) is 5.55. The van der Waals surface area contributed by atoms with E-state index in [0.717, 1.165) is 10.9 Å². The number of aromatic nitrogens is 2. The topological polar surface area (TPSA) is 90.4 Å². The second kappa shape index (κ2) is 8.98. The normalized spacial score (nSPS) is 11.9. The van der Waals surface area contributed by atoms with Gasteiger partial charge in [0.15, 0.2) is 5.43 Å². The van der Waals surface area contributed by atoms with Crippen LogP contribution in [0.25, 0.3) is 44.0 Å². The first-order chi connectivity index (χ1) is 17.6. The molecule has 7 nitrogen and oxygen atoms in total. The van der Waals surface area contributed by atoms with Crippen LogP contribution in [0.2, 0.25) is 0 Å². The van der Waals surface area contributed by atoms with Crippen molar-refractivity contribution in [3.05, 3.63) is 70.4 Å². The Balaban J connectivity index is 1.81. The molecule has 2 aromatic heterocycles. The predicted molar refractivity (Wildman–Crippen MR) is 143 cm³/mol. The maximum atomic E-state index is 13.8. The molecule has 0 fully saturated rings. The van der Waals surface area contributed by atoms with E-state index in [1.54, 1.807) is 30.3 Å². The maximum absolute atomic E-state index is 13.8. The van der Waals surface area contributed by atoms with Gasteiger partial charge in [0.05, 0.1) is 22.9 Å². The summed E-state index contributed by atoms with van der Waals surface area (Å²) in [5, 5.41) is 1.76. The number of hydrogen-bond acceptors (Lipinski definition) is 5. The van der Waals surface area contributed by atoms with Crippen molar-refractivity contribution in [2.45, 2.75) is 13.8 Å². The molecule has 0 aliphatic rings. The lowest BCUT2D eigenvalue weighted by Gasteiger charge is -2.17. The number of pyridine rings is 1. The van der Waals surface area contributed by atoms with Gasteiger partial charge in [-0.1, -0.05) is 41.9 Å². The minimum absolute atomic E-state index is 0.163. The average Bonchev–Trinajstić information content (AvgIpc) is 3.23. The summed E-state index contributed by atoms with van der Waals surface area (Å²) < 4.78 is 47.6. The van der Waals surface area contributed by atoms with Gasteiger partial charge in [-0.3, -0.25) is 4.79 Å². The van der Waals surface area contributed by atoms with Gasteiger partial charge in [0.25, 0.3) is 0 Å². The number of benzene rings is 3. The minimum Gasteiger partial charge on any atom is -0.493 e. The first kappa shape index (κ1) is 24.4. The molecule has 2 heterocycles. The lowest BCUT2D eigenvalue weighted by atomic mass is 10.0. The van der Waals surface area contributed by atoms with E-state index >= 15 is 0 Å². The molecule has 1 N–H and O–H groups in total. The van der Waals surface area contributed by atoms with Crippen molar-refractivity contribution in [1.29, 1.82) is 0 Å². The van der Waals surface area contributed by atoms with Crippen LogP contribution in [0, 0.1) is 18.3 Å². The minimum atomic E-state index is -5.19. The number of nitrogens with one attached hydrogen (secondary N) is 1. The fourth-order valence-corrected chi connectivity index (χ4v) is 4.80. The van der Waals surface area contributed by atoms with Crippen LogP contribution >= 0.6 is 0 Å². The summed E-state index contributed by atoms with van der Waals surface area (Å²) in [7, 11) is -3.35. The van der Waals surface area contributed by atoms with Crippen molar-refractivity contribution in [1.82, 2.24) is 9.55 Å². The molecule has 0 atom stereocenters. The van der Waals surface area contributed by atoms with E-state index in [9.17, 15) is 17.1 Å². The SMILES string of the molecule is C#Cc1ccc2c(c1)[nH]c1c2c(=O)c2cc(OCC(C)C)c(-c3cccc(OS(=O)(=O)F)c3)cc2n1C. The van der Waals surface area contributed by atoms with Gasteiger partial charge in [-0.2, -0.15) is 8.42 Å². The number of H-pyrrole nitrogens is 1. The Bertz CT molecular complexity index is 1910. The molecule has 0 bridgehead atoms. The standard InChI is InChI=1S/C28H23FN2O5S/c1-5-17-9-10-20-23(11-17)30-28-26(20)27(32)22-14-25(35-15-16(2)3)21(13-24(22)31(28)4)18-7-6-8-19(12-18)36-37(29,33)34/h1,6-14,16,30H,15H2,2-4H3. The molecule has 5 rings (SSSR count). The lowest BCUT2D eigenvalue weighted by Crippen LogP contribution is -2.11. The van der Waals surface area contributed by atoms with E-state index in [1.807, 2.05) is 37.6 Å². The number of aryl methyl sites for hydroxylation is 1. The molecule has 0 aliphatic carbocycles. The number of terminal acetylenes is 1. The Morgan fingerprint density at radius 1 is 1.11 bits per heavy atom. The third-order valence-electron chi connectivity index (χ3n) is 6.12. The van der Waals surface area contributed by atoms with Crippen LogP contribution in [0.5, 0.6) is 11.5 Å². The summed E-state index contributed by atoms with van der Waals surface area (Å²) >= 11 is 0. The van der Waals surface area contributed by atoms with E-state index in [1.165, 1.54) is 12.1 Å². The van der Waals surface area contributed by atoms with Crippen molar-refractivity contribution >= 4 is 43.3 Å². The molecular formula is C28H23FN2O5S. The second-order valence-corrected chi connectivity index (χ2v) is 10.2. The fourth-order valence-electron chi connectivity index (χ4n) is 4.47. The quantitative estimate of drug-likeness (QED) is 0.239. The van der Waals surface area contributed by atoms with Crippen LogP contribution in [0.4, 0.5) is 3.89 Å². The van der Waals surface area contributed by atoms with Crippen molar-refractivity contribution in [2.24, 2.45) is 13.0 Å². The highest BCUT2D eigenvalue weighted by molar-refractivity contribution is 7.81. The molecule has 0 saturated carbocycles. The van der Waals surface area contributed by atoms with Crippen molar-refractivity contribution in [3.8, 4) is 35.0 Å². The largest absolute Gasteiger partial charge is 0.493 e. The summed E-state index contributed by atoms with van der Waals surface area (Å²) in [5.41, 5.74) is 3.66. The van der Waals surface area contributed by atoms with Crippen LogP contribution in [0.1, 0.15) is 19.4 Å². The molecule has 0 amide bonds. The highest BCUT2D eigenvalue weighted by Gasteiger charge is 2.19. The molecule has 188 valence electrons. The fraction of sp³-hybridized carbons (Fsp3) is 0.179. The van der Waals surface area contributed by atoms with Crippen molar-refractivity contribution in [2.75, 3.05) is 6.61 Å². The number of nitrogens with zero attached hydrogens (tertiary/aromatic N) is 1. The number of halogens is 1. The molecule has 0 radical (unpaired) electrons. The first-order valence-corrected chi connectivity index (χ1v) is 12.8. The molecule has 0 unspecified atom stereocenters. The van der Waals surface area contributed by atoms with Gasteiger partial charge in [0, 0.05) is 29.1 Å². The Morgan fingerprint density at radius 2 is 1.89 bits per heavy atom. The zero-order chi connectivity index (χ0) is 26.5. The van der Waals surface area contributed by atoms with E-state index in [4.69, 9.17) is 11.2 Å². The van der Waals surface area contributed by atoms with Crippen LogP contribution < -0.4 is 14.3 Å². The van der Waals surface area contributed by atoms with E-state index in [2.05, 4.69) is 15.1 Å². The van der Waals surface area contributed by atoms with Crippen LogP contribution in [0.3, 0.4) is 0 Å². The third kappa shape index (κ3) is 4.52. The summed E-state index contributed by atoms with van der Waals surface area (Å²) in [5.74, 6) is 3.07. The number of hydrogen-bond donors (Lipinski definition) is 1. The highest BCUT2D eigenvalue weighted by atomic mass is 32.3. The summed E-state index contributed by atoms with van der Waals surface area (Å²) in [6, 6.07) is 15.0. The van der Waals surface area contributed by atoms with Gasteiger partial charge in [-0.05, 0) is 47.9 Å². The zero-order valence-corrected chi connectivity index (χ0v) is 21.1. The van der Waals surface area contributed by atoms with Gasteiger partial charge >= 0.3 is 10.5 Å². The number of ether oxygens (including phenoxy) is 1. The van der Waals surface area contributed by atoms with Gasteiger partial charge in [-0.25, -0.2) is 0 Å². The monoisotopic (exact) mass is 518 g/mol. The molecule has 5 aromatic rings. The van der Waals surface area contributed by atoms with E-state index in [-0.39, 0.29) is 17.1 Å². The Kier molecular flexibility index (Phi) is 5.92. The molecule has 3 aromatic carbocycles. The molecule has 0 saturated heterocycles. The second-order valence-electron chi connectivity index (χ2n) is 9.22. The van der Waals surface area contributed by atoms with Crippen LogP contribution in [0.15, 0.2) is 59.4 Å². The first-order valence-electron chi connectivity index (χ1n) is 11.5. The van der Waals surface area contributed by atoms with Gasteiger partial charge in [-0.15, -0.1) is 6.42 Å². The Morgan fingerprint density at radius 3 is 2.59 bits per heavy atom. The zero-order valence-electron chi connectivity index (χ0n) is 20.3. The number of rotatable bonds is 6. The molecule has 0 aliphatic heterocycles. The third-order valence-corrected chi connectivity index (χ3v) is 6.52. The van der Waals surface area contributed by atoms with Gasteiger partial charge in [0.2, 0.25) is 0 Å². The van der Waals surface area contributed by atoms with E-state index < -0.39 is 10.5 Å². The highest BCUT2D eigenvalue weighted by Crippen LogP contribution is 2.37. The van der Waals surface area contributed by atoms with Crippen LogP contribution in [-0.4, -0.2) is 24.6 Å². The van der Waals surface area contributed by atoms with Gasteiger partial charge < -0.3 is 18.5 Å². The summed E-state index contributed by atoms with van der Waals surface area (Å²) in [4.78, 5) is 17.1. The number of fused-ring (bicyclic) bond motifs is 4. The maximum Gasteiger partial charge on any atom is 0.488 e. The average molecular weight is 519 g/mol. The molecule has 37 heavy (non-hydrogen) atoms. The molecule has 0 spiro atoms. The van der Waals surface area contributed by atoms with E-state index in [0.29, 0.717) is 51.0 Å². The smallest absolute Gasteiger partial charge is 0.488 e.